The van der Waals surface area contributed by atoms with Crippen molar-refractivity contribution in [2.24, 2.45) is 0 Å². The fourth-order valence-electron chi connectivity index (χ4n) is 0. The Morgan fingerprint density at radius 2 is 1.67 bits per heavy atom. The van der Waals surface area contributed by atoms with Gasteiger partial charge in [-0.3, -0.25) is 0 Å². The Balaban J connectivity index is 0. The highest BCUT2D eigenvalue weighted by atomic mass is 35.5. The summed E-state index contributed by atoms with van der Waals surface area (Å²) in [6.07, 6.45) is 0. The van der Waals surface area contributed by atoms with Gasteiger partial charge in [-0.15, -0.1) is 12.4 Å². The minimum absolute atomic E-state index is 0. The first kappa shape index (κ1) is 9.53. The van der Waals surface area contributed by atoms with Gasteiger partial charge < -0.3 is 0 Å². The van der Waals surface area contributed by atoms with Gasteiger partial charge in [-0.1, -0.05) is 6.92 Å². The van der Waals surface area contributed by atoms with Gasteiger partial charge in [-0.25, -0.2) is 8.42 Å². The topological polar surface area (TPSA) is 34.1 Å². The summed E-state index contributed by atoms with van der Waals surface area (Å²) in [6, 6.07) is 0. The second kappa shape index (κ2) is 5.24. The van der Waals surface area contributed by atoms with Gasteiger partial charge in [-0.05, 0) is 0 Å². The molecule has 0 saturated heterocycles. The van der Waals surface area contributed by atoms with Crippen LogP contribution in [0.1, 0.15) is 6.92 Å². The molecule has 4 heteroatoms. The van der Waals surface area contributed by atoms with E-state index >= 15 is 0 Å². The predicted molar refractivity (Wildman–Crippen MR) is 28.1 cm³/mol. The van der Waals surface area contributed by atoms with Crippen LogP contribution in [0.2, 0.25) is 0 Å². The molecule has 40 valence electrons. The van der Waals surface area contributed by atoms with Gasteiger partial charge in [0.15, 0.2) is 0 Å². The molecule has 0 N–H and O–H groups in total. The summed E-state index contributed by atoms with van der Waals surface area (Å²) >= 11 is 0. The monoisotopic (exact) mass is 130 g/mol. The Morgan fingerprint density at radius 3 is 1.67 bits per heavy atom. The Bertz CT molecular complexity index is 69.6. The van der Waals surface area contributed by atoms with Crippen molar-refractivity contribution in [3.8, 4) is 0 Å². The van der Waals surface area contributed by atoms with Crippen molar-refractivity contribution < 1.29 is 8.42 Å². The first-order chi connectivity index (χ1) is 2.27. The van der Waals surface area contributed by atoms with E-state index in [4.69, 9.17) is 0 Å². The van der Waals surface area contributed by atoms with Crippen molar-refractivity contribution in [3.05, 3.63) is 0 Å². The standard InChI is InChI=1S/C2H6O2S.ClH/c1-2-5(3)4;/h5H,2H2,1H3;1H. The molecule has 0 saturated carbocycles. The largest absolute Gasteiger partial charge is 0.232 e. The summed E-state index contributed by atoms with van der Waals surface area (Å²) in [7, 11) is -2.10. The highest BCUT2D eigenvalue weighted by Crippen LogP contribution is 1.53. The molecular formula is C2H7ClO2S. The molecule has 0 amide bonds. The minimum Gasteiger partial charge on any atom is -0.232 e. The lowest BCUT2D eigenvalue weighted by Crippen LogP contribution is -1.73. The van der Waals surface area contributed by atoms with Gasteiger partial charge in [0.1, 0.15) is 10.7 Å². The number of halogens is 1. The van der Waals surface area contributed by atoms with Crippen molar-refractivity contribution in [2.45, 2.75) is 6.92 Å². The zero-order valence-corrected chi connectivity index (χ0v) is 5.09. The van der Waals surface area contributed by atoms with Crippen molar-refractivity contribution >= 4 is 23.1 Å². The van der Waals surface area contributed by atoms with Crippen LogP contribution in [0.25, 0.3) is 0 Å². The van der Waals surface area contributed by atoms with E-state index in [1.54, 1.807) is 6.92 Å². The summed E-state index contributed by atoms with van der Waals surface area (Å²) in [5.41, 5.74) is 0. The molecule has 6 heavy (non-hydrogen) atoms. The van der Waals surface area contributed by atoms with Gasteiger partial charge in [-0.2, -0.15) is 0 Å². The molecule has 0 unspecified atom stereocenters. The van der Waals surface area contributed by atoms with Gasteiger partial charge >= 0.3 is 0 Å². The summed E-state index contributed by atoms with van der Waals surface area (Å²) in [6.45, 7) is 1.60. The van der Waals surface area contributed by atoms with Crippen LogP contribution in [0.5, 0.6) is 0 Å². The third kappa shape index (κ3) is 8.87. The molecule has 0 atom stereocenters. The second-order valence-corrected chi connectivity index (χ2v) is 1.95. The van der Waals surface area contributed by atoms with Crippen LogP contribution in [-0.4, -0.2) is 14.2 Å². The first-order valence-corrected chi connectivity index (χ1v) is 2.75. The third-order valence-electron chi connectivity index (χ3n) is 0.258. The third-order valence-corrected chi connectivity index (χ3v) is 0.775. The minimum atomic E-state index is -2.10. The van der Waals surface area contributed by atoms with E-state index in [1.165, 1.54) is 0 Å². The quantitative estimate of drug-likeness (QED) is 0.509. The molecule has 0 fully saturated rings. The second-order valence-electron chi connectivity index (χ2n) is 0.649. The van der Waals surface area contributed by atoms with Crippen molar-refractivity contribution in [1.82, 2.24) is 0 Å². The van der Waals surface area contributed by atoms with E-state index in [2.05, 4.69) is 0 Å². The molecular weight excluding hydrogens is 124 g/mol. The number of thiol groups is 1. The zero-order valence-electron chi connectivity index (χ0n) is 3.38. The van der Waals surface area contributed by atoms with Crippen LogP contribution < -0.4 is 0 Å². The molecule has 0 bridgehead atoms. The van der Waals surface area contributed by atoms with Gasteiger partial charge in [0.05, 0.1) is 0 Å². The number of rotatable bonds is 1. The van der Waals surface area contributed by atoms with E-state index in [9.17, 15) is 8.42 Å². The van der Waals surface area contributed by atoms with Gasteiger partial charge in [0.25, 0.3) is 0 Å². The zero-order chi connectivity index (χ0) is 4.28. The first-order valence-electron chi connectivity index (χ1n) is 1.39. The van der Waals surface area contributed by atoms with Crippen LogP contribution in [-0.2, 0) is 10.7 Å². The molecule has 0 rings (SSSR count). The van der Waals surface area contributed by atoms with E-state index in [1.807, 2.05) is 0 Å². The van der Waals surface area contributed by atoms with E-state index in [0.29, 0.717) is 0 Å². The smallest absolute Gasteiger partial charge is 0.139 e. The van der Waals surface area contributed by atoms with E-state index in [-0.39, 0.29) is 18.2 Å². The highest BCUT2D eigenvalue weighted by molar-refractivity contribution is 7.72. The lowest BCUT2D eigenvalue weighted by Gasteiger charge is -1.60. The van der Waals surface area contributed by atoms with E-state index in [0.717, 1.165) is 0 Å². The Kier molecular flexibility index (Phi) is 8.32. The fraction of sp³-hybridized carbons (Fsp3) is 1.00. The van der Waals surface area contributed by atoms with Crippen LogP contribution in [0.3, 0.4) is 0 Å². The van der Waals surface area contributed by atoms with Gasteiger partial charge in [0, 0.05) is 5.75 Å². The number of hydrogen-bond donors (Lipinski definition) is 1. The maximum atomic E-state index is 9.41. The molecule has 0 aliphatic carbocycles. The average molecular weight is 131 g/mol. The summed E-state index contributed by atoms with van der Waals surface area (Å²) in [5, 5.41) is 0. The Labute approximate surface area is 44.9 Å². The molecule has 0 radical (unpaired) electrons. The maximum Gasteiger partial charge on any atom is 0.139 e. The molecule has 0 spiro atoms. The average Bonchev–Trinajstić information content (AvgIpc) is 1.38. The molecule has 0 heterocycles. The van der Waals surface area contributed by atoms with Crippen LogP contribution >= 0.6 is 12.4 Å². The lowest BCUT2D eigenvalue weighted by atomic mass is 11.0. The summed E-state index contributed by atoms with van der Waals surface area (Å²) < 4.78 is 18.8. The molecule has 0 aromatic heterocycles. The summed E-state index contributed by atoms with van der Waals surface area (Å²) in [5.74, 6) is 0.259. The van der Waals surface area contributed by atoms with Crippen LogP contribution in [0, 0.1) is 0 Å². The maximum absolute atomic E-state index is 9.41. The fourth-order valence-corrected chi connectivity index (χ4v) is 0. The molecule has 0 aromatic carbocycles. The summed E-state index contributed by atoms with van der Waals surface area (Å²) in [4.78, 5) is 0. The van der Waals surface area contributed by atoms with Crippen molar-refractivity contribution in [3.63, 3.8) is 0 Å². The highest BCUT2D eigenvalue weighted by Gasteiger charge is 1.65. The van der Waals surface area contributed by atoms with E-state index < -0.39 is 10.7 Å². The molecule has 0 aliphatic heterocycles. The SMILES string of the molecule is CC[SH](=O)=O.Cl. The van der Waals surface area contributed by atoms with Crippen LogP contribution in [0.15, 0.2) is 0 Å². The lowest BCUT2D eigenvalue weighted by molar-refractivity contribution is 0.615. The predicted octanol–water partition coefficient (Wildman–Crippen LogP) is 0.0395. The Morgan fingerprint density at radius 1 is 1.50 bits per heavy atom. The molecule has 0 aliphatic rings. The molecule has 2 nitrogen and oxygen atoms in total. The van der Waals surface area contributed by atoms with Crippen molar-refractivity contribution in [1.29, 1.82) is 0 Å². The number of hydrogen-bond acceptors (Lipinski definition) is 2. The van der Waals surface area contributed by atoms with Gasteiger partial charge in [0.2, 0.25) is 0 Å². The Hall–Kier alpha value is 0.240. The molecule has 0 aromatic rings. The van der Waals surface area contributed by atoms with Crippen molar-refractivity contribution in [2.75, 3.05) is 5.75 Å². The normalized spacial score (nSPS) is 7.67. The van der Waals surface area contributed by atoms with Crippen LogP contribution in [0.4, 0.5) is 0 Å².